The zero-order valence-corrected chi connectivity index (χ0v) is 8.07. The molecule has 1 saturated carbocycles. The number of hydrogen-bond donors (Lipinski definition) is 1. The van der Waals surface area contributed by atoms with E-state index in [0.29, 0.717) is 12.0 Å². The van der Waals surface area contributed by atoms with Crippen molar-refractivity contribution in [3.63, 3.8) is 0 Å². The third kappa shape index (κ3) is 2.13. The van der Waals surface area contributed by atoms with Crippen molar-refractivity contribution >= 4 is 0 Å². The first-order chi connectivity index (χ1) is 6.29. The molecule has 0 amide bonds. The van der Waals surface area contributed by atoms with Gasteiger partial charge in [-0.15, -0.1) is 0 Å². The summed E-state index contributed by atoms with van der Waals surface area (Å²) in [4.78, 5) is 0. The van der Waals surface area contributed by atoms with Crippen molar-refractivity contribution in [1.29, 1.82) is 0 Å². The molecule has 2 N–H and O–H groups in total. The highest BCUT2D eigenvalue weighted by atomic mass is 16.5. The highest BCUT2D eigenvalue weighted by molar-refractivity contribution is 5.23. The molecule has 2 aliphatic rings. The summed E-state index contributed by atoms with van der Waals surface area (Å²) in [6, 6.07) is 0.177. The van der Waals surface area contributed by atoms with Gasteiger partial charge in [-0.3, -0.25) is 0 Å². The zero-order chi connectivity index (χ0) is 9.26. The molecule has 0 aliphatic heterocycles. The number of ether oxygens (including phenoxy) is 1. The maximum absolute atomic E-state index is 5.91. The van der Waals surface area contributed by atoms with Crippen molar-refractivity contribution in [2.24, 2.45) is 11.7 Å². The first kappa shape index (κ1) is 8.82. The molecule has 2 aliphatic carbocycles. The van der Waals surface area contributed by atoms with E-state index in [4.69, 9.17) is 10.5 Å². The Morgan fingerprint density at radius 2 is 2.31 bits per heavy atom. The van der Waals surface area contributed by atoms with E-state index in [2.05, 4.69) is 13.0 Å². The lowest BCUT2D eigenvalue weighted by molar-refractivity contribution is 0.203. The third-order valence-corrected chi connectivity index (χ3v) is 2.65. The SMILES string of the molecule is CCC1C=C(OC2CC2)C=CC1N. The van der Waals surface area contributed by atoms with Crippen LogP contribution in [-0.4, -0.2) is 12.1 Å². The van der Waals surface area contributed by atoms with Crippen LogP contribution in [0.1, 0.15) is 26.2 Å². The predicted octanol–water partition coefficient (Wildman–Crippen LogP) is 1.97. The molecular weight excluding hydrogens is 162 g/mol. The molecule has 2 heteroatoms. The molecule has 2 nitrogen and oxygen atoms in total. The van der Waals surface area contributed by atoms with Gasteiger partial charge in [0.05, 0.1) is 6.10 Å². The van der Waals surface area contributed by atoms with E-state index in [-0.39, 0.29) is 6.04 Å². The van der Waals surface area contributed by atoms with Crippen LogP contribution < -0.4 is 5.73 Å². The second-order valence-electron chi connectivity index (χ2n) is 3.89. The quantitative estimate of drug-likeness (QED) is 0.719. The standard InChI is InChI=1S/C11H17NO/c1-2-8-7-10(5-6-11(8)12)13-9-3-4-9/h5-9,11H,2-4,12H2,1H3. The van der Waals surface area contributed by atoms with Crippen LogP contribution in [-0.2, 0) is 4.74 Å². The van der Waals surface area contributed by atoms with Crippen molar-refractivity contribution in [3.8, 4) is 0 Å². The lowest BCUT2D eigenvalue weighted by Gasteiger charge is -2.21. The predicted molar refractivity (Wildman–Crippen MR) is 53.1 cm³/mol. The van der Waals surface area contributed by atoms with Crippen molar-refractivity contribution in [1.82, 2.24) is 0 Å². The average molecular weight is 179 g/mol. The average Bonchev–Trinajstić information content (AvgIpc) is 2.92. The molecule has 0 spiro atoms. The summed E-state index contributed by atoms with van der Waals surface area (Å²) in [5.41, 5.74) is 5.91. The van der Waals surface area contributed by atoms with E-state index >= 15 is 0 Å². The number of nitrogens with two attached hydrogens (primary N) is 1. The Hall–Kier alpha value is -0.760. The normalized spacial score (nSPS) is 32.9. The van der Waals surface area contributed by atoms with Gasteiger partial charge in [0, 0.05) is 6.04 Å². The summed E-state index contributed by atoms with van der Waals surface area (Å²) in [5, 5.41) is 0. The molecule has 2 rings (SSSR count). The largest absolute Gasteiger partial charge is 0.491 e. The van der Waals surface area contributed by atoms with Gasteiger partial charge in [0.15, 0.2) is 0 Å². The van der Waals surface area contributed by atoms with Crippen LogP contribution in [0.25, 0.3) is 0 Å². The fraction of sp³-hybridized carbons (Fsp3) is 0.636. The zero-order valence-electron chi connectivity index (χ0n) is 8.07. The third-order valence-electron chi connectivity index (χ3n) is 2.65. The van der Waals surface area contributed by atoms with Crippen LogP contribution >= 0.6 is 0 Å². The molecule has 0 aromatic heterocycles. The van der Waals surface area contributed by atoms with Gasteiger partial charge < -0.3 is 10.5 Å². The molecular formula is C11H17NO. The van der Waals surface area contributed by atoms with Gasteiger partial charge in [-0.2, -0.15) is 0 Å². The van der Waals surface area contributed by atoms with Gasteiger partial charge in [0.2, 0.25) is 0 Å². The Bertz CT molecular complexity index is 240. The summed E-state index contributed by atoms with van der Waals surface area (Å²) < 4.78 is 5.70. The van der Waals surface area contributed by atoms with Crippen LogP contribution in [0.5, 0.6) is 0 Å². The topological polar surface area (TPSA) is 35.2 Å². The first-order valence-corrected chi connectivity index (χ1v) is 5.12. The second-order valence-corrected chi connectivity index (χ2v) is 3.89. The Balaban J connectivity index is 1.98. The molecule has 0 saturated heterocycles. The molecule has 0 radical (unpaired) electrons. The molecule has 0 aromatic carbocycles. The molecule has 1 fully saturated rings. The monoisotopic (exact) mass is 179 g/mol. The van der Waals surface area contributed by atoms with E-state index in [9.17, 15) is 0 Å². The van der Waals surface area contributed by atoms with Crippen LogP contribution in [0, 0.1) is 5.92 Å². The van der Waals surface area contributed by atoms with Crippen LogP contribution in [0.2, 0.25) is 0 Å². The minimum absolute atomic E-state index is 0.177. The van der Waals surface area contributed by atoms with Gasteiger partial charge in [0.25, 0.3) is 0 Å². The minimum atomic E-state index is 0.177. The lowest BCUT2D eigenvalue weighted by atomic mass is 9.93. The van der Waals surface area contributed by atoms with Crippen molar-refractivity contribution < 1.29 is 4.74 Å². The Kier molecular flexibility index (Phi) is 2.40. The van der Waals surface area contributed by atoms with Gasteiger partial charge in [0.1, 0.15) is 5.76 Å². The molecule has 0 aromatic rings. The van der Waals surface area contributed by atoms with Gasteiger partial charge >= 0.3 is 0 Å². The Morgan fingerprint density at radius 1 is 1.54 bits per heavy atom. The summed E-state index contributed by atoms with van der Waals surface area (Å²) in [6.45, 7) is 2.16. The van der Waals surface area contributed by atoms with Gasteiger partial charge in [-0.25, -0.2) is 0 Å². The van der Waals surface area contributed by atoms with Gasteiger partial charge in [-0.05, 0) is 37.3 Å². The molecule has 0 bridgehead atoms. The summed E-state index contributed by atoms with van der Waals surface area (Å²) in [6.07, 6.45) is 10.2. The molecule has 2 atom stereocenters. The fourth-order valence-electron chi connectivity index (χ4n) is 1.57. The highest BCUT2D eigenvalue weighted by Gasteiger charge is 2.25. The van der Waals surface area contributed by atoms with Crippen molar-refractivity contribution in [3.05, 3.63) is 24.0 Å². The molecule has 0 heterocycles. The Morgan fingerprint density at radius 3 is 2.92 bits per heavy atom. The smallest absolute Gasteiger partial charge is 0.115 e. The van der Waals surface area contributed by atoms with Crippen LogP contribution in [0.3, 0.4) is 0 Å². The summed E-state index contributed by atoms with van der Waals surface area (Å²) >= 11 is 0. The lowest BCUT2D eigenvalue weighted by Crippen LogP contribution is -2.28. The maximum Gasteiger partial charge on any atom is 0.115 e. The van der Waals surface area contributed by atoms with Crippen molar-refractivity contribution in [2.45, 2.75) is 38.3 Å². The fourth-order valence-corrected chi connectivity index (χ4v) is 1.57. The van der Waals surface area contributed by atoms with Gasteiger partial charge in [-0.1, -0.05) is 13.0 Å². The highest BCUT2D eigenvalue weighted by Crippen LogP contribution is 2.29. The molecule has 13 heavy (non-hydrogen) atoms. The first-order valence-electron chi connectivity index (χ1n) is 5.12. The van der Waals surface area contributed by atoms with E-state index in [1.54, 1.807) is 0 Å². The van der Waals surface area contributed by atoms with E-state index in [0.717, 1.165) is 12.2 Å². The van der Waals surface area contributed by atoms with E-state index < -0.39 is 0 Å². The molecule has 2 unspecified atom stereocenters. The Labute approximate surface area is 79.5 Å². The molecule has 72 valence electrons. The van der Waals surface area contributed by atoms with Crippen molar-refractivity contribution in [2.75, 3.05) is 0 Å². The van der Waals surface area contributed by atoms with Crippen LogP contribution in [0.4, 0.5) is 0 Å². The summed E-state index contributed by atoms with van der Waals surface area (Å²) in [5.74, 6) is 1.48. The number of hydrogen-bond acceptors (Lipinski definition) is 2. The minimum Gasteiger partial charge on any atom is -0.491 e. The number of allylic oxidation sites excluding steroid dienone is 1. The summed E-state index contributed by atoms with van der Waals surface area (Å²) in [7, 11) is 0. The van der Waals surface area contributed by atoms with E-state index in [1.165, 1.54) is 12.8 Å². The maximum atomic E-state index is 5.91. The second kappa shape index (κ2) is 3.54. The van der Waals surface area contributed by atoms with E-state index in [1.807, 2.05) is 12.2 Å². The number of rotatable bonds is 3. The van der Waals surface area contributed by atoms with Crippen LogP contribution in [0.15, 0.2) is 24.0 Å².